The number of rotatable bonds is 7. The van der Waals surface area contributed by atoms with Gasteiger partial charge in [-0.25, -0.2) is 17.6 Å². The van der Waals surface area contributed by atoms with Gasteiger partial charge in [0.15, 0.2) is 0 Å². The summed E-state index contributed by atoms with van der Waals surface area (Å²) in [6.45, 7) is 2.55. The number of nitrogens with one attached hydrogen (secondary N) is 3. The lowest BCUT2D eigenvalue weighted by Crippen LogP contribution is -2.30. The number of sulfonamides is 1. The molecule has 2 rings (SSSR count). The summed E-state index contributed by atoms with van der Waals surface area (Å²) in [4.78, 5) is 11.8. The molecule has 2 aromatic rings. The molecule has 134 valence electrons. The van der Waals surface area contributed by atoms with Crippen molar-refractivity contribution in [2.75, 3.05) is 16.6 Å². The lowest BCUT2D eigenvalue weighted by Gasteiger charge is -2.14. The molecule has 3 N–H and O–H groups in total. The quantitative estimate of drug-likeness (QED) is 0.656. The maximum Gasteiger partial charge on any atom is 0.319 e. The van der Waals surface area contributed by atoms with Crippen LogP contribution in [0, 0.1) is 5.82 Å². The Morgan fingerprint density at radius 1 is 1.04 bits per heavy atom. The normalized spacial score (nSPS) is 11.0. The van der Waals surface area contributed by atoms with Crippen molar-refractivity contribution in [3.63, 3.8) is 0 Å². The van der Waals surface area contributed by atoms with E-state index in [2.05, 4.69) is 15.4 Å². The first kappa shape index (κ1) is 18.7. The second kappa shape index (κ2) is 8.48. The molecule has 0 aliphatic rings. The van der Waals surface area contributed by atoms with E-state index < -0.39 is 21.9 Å². The predicted octanol–water partition coefficient (Wildman–Crippen LogP) is 3.55. The molecule has 0 aliphatic heterocycles. The van der Waals surface area contributed by atoms with Crippen molar-refractivity contribution in [3.8, 4) is 0 Å². The van der Waals surface area contributed by atoms with Crippen molar-refractivity contribution < 1.29 is 17.6 Å². The van der Waals surface area contributed by atoms with Crippen molar-refractivity contribution in [1.82, 2.24) is 5.32 Å². The monoisotopic (exact) mass is 365 g/mol. The van der Waals surface area contributed by atoms with Crippen molar-refractivity contribution in [3.05, 3.63) is 54.3 Å². The molecule has 0 heterocycles. The Balaban J connectivity index is 2.14. The molecule has 8 heteroatoms. The van der Waals surface area contributed by atoms with E-state index in [1.807, 2.05) is 6.92 Å². The Bertz CT molecular complexity index is 823. The molecule has 0 bridgehead atoms. The molecule has 0 aromatic heterocycles. The van der Waals surface area contributed by atoms with Crippen LogP contribution in [0.2, 0.25) is 0 Å². The number of halogens is 1. The van der Waals surface area contributed by atoms with Crippen LogP contribution in [-0.2, 0) is 10.0 Å². The smallest absolute Gasteiger partial charge is 0.319 e. The van der Waals surface area contributed by atoms with Gasteiger partial charge in [0.25, 0.3) is 10.0 Å². The maximum absolute atomic E-state index is 13.0. The van der Waals surface area contributed by atoms with Crippen LogP contribution in [0.3, 0.4) is 0 Å². The molecule has 2 amide bonds. The number of hydrogen-bond donors (Lipinski definition) is 3. The first-order valence-corrected chi connectivity index (χ1v) is 9.33. The fourth-order valence-electron chi connectivity index (χ4n) is 2.04. The highest BCUT2D eigenvalue weighted by Gasteiger charge is 2.16. The van der Waals surface area contributed by atoms with Crippen molar-refractivity contribution >= 4 is 27.4 Å². The SMILES string of the molecule is CCCCNC(=O)Nc1ccccc1NS(=O)(=O)c1ccc(F)cc1. The predicted molar refractivity (Wildman–Crippen MR) is 95.6 cm³/mol. The van der Waals surface area contributed by atoms with E-state index in [-0.39, 0.29) is 10.6 Å². The zero-order valence-corrected chi connectivity index (χ0v) is 14.6. The van der Waals surface area contributed by atoms with Gasteiger partial charge in [-0.05, 0) is 42.8 Å². The second-order valence-electron chi connectivity index (χ2n) is 5.34. The second-order valence-corrected chi connectivity index (χ2v) is 7.02. The molecule has 25 heavy (non-hydrogen) atoms. The van der Waals surface area contributed by atoms with Gasteiger partial charge < -0.3 is 10.6 Å². The van der Waals surface area contributed by atoms with Crippen LogP contribution in [-0.4, -0.2) is 21.0 Å². The van der Waals surface area contributed by atoms with Crippen molar-refractivity contribution in [2.45, 2.75) is 24.7 Å². The topological polar surface area (TPSA) is 87.3 Å². The largest absolute Gasteiger partial charge is 0.338 e. The maximum atomic E-state index is 13.0. The molecular weight excluding hydrogens is 345 g/mol. The van der Waals surface area contributed by atoms with Crippen LogP contribution in [0.1, 0.15) is 19.8 Å². The molecule has 0 radical (unpaired) electrons. The van der Waals surface area contributed by atoms with Gasteiger partial charge in [0.2, 0.25) is 0 Å². The molecule has 6 nitrogen and oxygen atoms in total. The lowest BCUT2D eigenvalue weighted by molar-refractivity contribution is 0.252. The van der Waals surface area contributed by atoms with Crippen molar-refractivity contribution in [2.24, 2.45) is 0 Å². The van der Waals surface area contributed by atoms with E-state index in [0.29, 0.717) is 12.2 Å². The number of amides is 2. The van der Waals surface area contributed by atoms with Crippen LogP contribution in [0.5, 0.6) is 0 Å². The molecular formula is C17H20FN3O3S. The molecule has 2 aromatic carbocycles. The van der Waals surface area contributed by atoms with Gasteiger partial charge in [0, 0.05) is 6.54 Å². The fourth-order valence-corrected chi connectivity index (χ4v) is 3.12. The molecule has 0 aliphatic carbocycles. The number of hydrogen-bond acceptors (Lipinski definition) is 3. The summed E-state index contributed by atoms with van der Waals surface area (Å²) in [5, 5.41) is 5.31. The summed E-state index contributed by atoms with van der Waals surface area (Å²) in [7, 11) is -3.90. The summed E-state index contributed by atoms with van der Waals surface area (Å²) in [6, 6.07) is 10.5. The Hall–Kier alpha value is -2.61. The van der Waals surface area contributed by atoms with Crippen LogP contribution in [0.4, 0.5) is 20.6 Å². The van der Waals surface area contributed by atoms with Crippen LogP contribution >= 0.6 is 0 Å². The number of carbonyl (C=O) groups is 1. The van der Waals surface area contributed by atoms with Crippen LogP contribution < -0.4 is 15.4 Å². The van der Waals surface area contributed by atoms with Gasteiger partial charge in [-0.3, -0.25) is 4.72 Å². The number of para-hydroxylation sites is 2. The highest BCUT2D eigenvalue weighted by Crippen LogP contribution is 2.24. The minimum atomic E-state index is -3.90. The first-order chi connectivity index (χ1) is 11.9. The van der Waals surface area contributed by atoms with Gasteiger partial charge in [-0.1, -0.05) is 25.5 Å². The third kappa shape index (κ3) is 5.46. The molecule has 0 saturated carbocycles. The zero-order chi connectivity index (χ0) is 18.3. The Labute approximate surface area is 146 Å². The third-order valence-corrected chi connectivity index (χ3v) is 4.74. The minimum absolute atomic E-state index is 0.0731. The van der Waals surface area contributed by atoms with Crippen LogP contribution in [0.25, 0.3) is 0 Å². The van der Waals surface area contributed by atoms with Gasteiger partial charge in [0.05, 0.1) is 16.3 Å². The minimum Gasteiger partial charge on any atom is -0.338 e. The summed E-state index contributed by atoms with van der Waals surface area (Å²) in [5.41, 5.74) is 0.541. The average molecular weight is 365 g/mol. The van der Waals surface area contributed by atoms with E-state index in [1.165, 1.54) is 18.2 Å². The van der Waals surface area contributed by atoms with Gasteiger partial charge in [0.1, 0.15) is 5.82 Å². The number of unbranched alkanes of at least 4 members (excludes halogenated alkanes) is 1. The third-order valence-electron chi connectivity index (χ3n) is 3.36. The summed E-state index contributed by atoms with van der Waals surface area (Å²) in [6.07, 6.45) is 1.81. The van der Waals surface area contributed by atoms with E-state index >= 15 is 0 Å². The summed E-state index contributed by atoms with van der Waals surface area (Å²) in [5.74, 6) is -0.523. The molecule has 0 spiro atoms. The van der Waals surface area contributed by atoms with E-state index in [9.17, 15) is 17.6 Å². The zero-order valence-electron chi connectivity index (χ0n) is 13.8. The van der Waals surface area contributed by atoms with Crippen molar-refractivity contribution in [1.29, 1.82) is 0 Å². The molecule has 0 atom stereocenters. The van der Waals surface area contributed by atoms with E-state index in [1.54, 1.807) is 18.2 Å². The number of carbonyl (C=O) groups excluding carboxylic acids is 1. The average Bonchev–Trinajstić information content (AvgIpc) is 2.57. The van der Waals surface area contributed by atoms with E-state index in [0.717, 1.165) is 25.0 Å². The van der Waals surface area contributed by atoms with Gasteiger partial charge in [-0.2, -0.15) is 0 Å². The number of benzene rings is 2. The van der Waals surface area contributed by atoms with Gasteiger partial charge in [-0.15, -0.1) is 0 Å². The first-order valence-electron chi connectivity index (χ1n) is 7.84. The summed E-state index contributed by atoms with van der Waals surface area (Å²) >= 11 is 0. The fraction of sp³-hybridized carbons (Fsp3) is 0.235. The Morgan fingerprint density at radius 2 is 1.68 bits per heavy atom. The lowest BCUT2D eigenvalue weighted by atomic mass is 10.3. The molecule has 0 saturated heterocycles. The van der Waals surface area contributed by atoms with E-state index in [4.69, 9.17) is 0 Å². The number of anilines is 2. The highest BCUT2D eigenvalue weighted by molar-refractivity contribution is 7.92. The number of urea groups is 1. The highest BCUT2D eigenvalue weighted by atomic mass is 32.2. The Kier molecular flexibility index (Phi) is 6.35. The molecule has 0 unspecified atom stereocenters. The Morgan fingerprint density at radius 3 is 2.32 bits per heavy atom. The molecule has 0 fully saturated rings. The summed E-state index contributed by atoms with van der Waals surface area (Å²) < 4.78 is 40.2. The standard InChI is InChI=1S/C17H20FN3O3S/c1-2-3-12-19-17(22)20-15-6-4-5-7-16(15)21-25(23,24)14-10-8-13(18)9-11-14/h4-11,21H,2-3,12H2,1H3,(H2,19,20,22). The van der Waals surface area contributed by atoms with Crippen LogP contribution in [0.15, 0.2) is 53.4 Å². The van der Waals surface area contributed by atoms with Gasteiger partial charge >= 0.3 is 6.03 Å².